The molecule has 1 aromatic carbocycles. The topological polar surface area (TPSA) is 64.3 Å². The van der Waals surface area contributed by atoms with E-state index < -0.39 is 0 Å². The third kappa shape index (κ3) is 3.06. The highest BCUT2D eigenvalue weighted by atomic mass is 32.2. The SMILES string of the molecule is COc1cc(N)ccc1NC(=O)C(C)SC. The maximum Gasteiger partial charge on any atom is 0.237 e. The summed E-state index contributed by atoms with van der Waals surface area (Å²) in [5.74, 6) is 0.525. The van der Waals surface area contributed by atoms with E-state index in [1.165, 1.54) is 11.8 Å². The summed E-state index contributed by atoms with van der Waals surface area (Å²) in [4.78, 5) is 11.7. The van der Waals surface area contributed by atoms with Crippen molar-refractivity contribution < 1.29 is 9.53 Å². The maximum atomic E-state index is 11.7. The van der Waals surface area contributed by atoms with Crippen molar-refractivity contribution in [3.05, 3.63) is 18.2 Å². The molecule has 0 aliphatic rings. The molecule has 1 aromatic rings. The number of nitrogens with one attached hydrogen (secondary N) is 1. The van der Waals surface area contributed by atoms with Gasteiger partial charge in [0.1, 0.15) is 5.75 Å². The Morgan fingerprint density at radius 3 is 2.81 bits per heavy atom. The molecule has 88 valence electrons. The third-order valence-electron chi connectivity index (χ3n) is 2.21. The van der Waals surface area contributed by atoms with Crippen LogP contribution in [0.2, 0.25) is 0 Å². The summed E-state index contributed by atoms with van der Waals surface area (Å²) in [5, 5.41) is 2.70. The van der Waals surface area contributed by atoms with Crippen molar-refractivity contribution in [2.75, 3.05) is 24.4 Å². The monoisotopic (exact) mass is 240 g/mol. The van der Waals surface area contributed by atoms with Crippen molar-refractivity contribution in [3.63, 3.8) is 0 Å². The quantitative estimate of drug-likeness (QED) is 0.790. The first-order chi connectivity index (χ1) is 7.58. The Labute approximate surface area is 99.5 Å². The lowest BCUT2D eigenvalue weighted by Gasteiger charge is -2.13. The average molecular weight is 240 g/mol. The van der Waals surface area contributed by atoms with Crippen LogP contribution in [0.3, 0.4) is 0 Å². The number of anilines is 2. The number of carbonyl (C=O) groups excluding carboxylic acids is 1. The van der Waals surface area contributed by atoms with Gasteiger partial charge in [-0.25, -0.2) is 0 Å². The minimum absolute atomic E-state index is 0.0458. The molecule has 1 unspecified atom stereocenters. The Morgan fingerprint density at radius 2 is 2.25 bits per heavy atom. The van der Waals surface area contributed by atoms with E-state index in [0.717, 1.165) is 0 Å². The summed E-state index contributed by atoms with van der Waals surface area (Å²) in [5.41, 5.74) is 6.87. The Morgan fingerprint density at radius 1 is 1.56 bits per heavy atom. The molecule has 1 amide bonds. The second kappa shape index (κ2) is 5.65. The van der Waals surface area contributed by atoms with Gasteiger partial charge in [-0.3, -0.25) is 4.79 Å². The maximum absolute atomic E-state index is 11.7. The Hall–Kier alpha value is -1.36. The molecule has 0 radical (unpaired) electrons. The Bertz CT molecular complexity index is 382. The van der Waals surface area contributed by atoms with Crippen molar-refractivity contribution in [2.24, 2.45) is 0 Å². The largest absolute Gasteiger partial charge is 0.494 e. The van der Waals surface area contributed by atoms with E-state index in [-0.39, 0.29) is 11.2 Å². The van der Waals surface area contributed by atoms with Crippen molar-refractivity contribution in [1.29, 1.82) is 0 Å². The predicted molar refractivity (Wildman–Crippen MR) is 69.0 cm³/mol. The van der Waals surface area contributed by atoms with Gasteiger partial charge < -0.3 is 15.8 Å². The van der Waals surface area contributed by atoms with Crippen LogP contribution in [0.5, 0.6) is 5.75 Å². The number of hydrogen-bond donors (Lipinski definition) is 2. The normalized spacial score (nSPS) is 11.9. The number of methoxy groups -OCH3 is 1. The lowest BCUT2D eigenvalue weighted by Crippen LogP contribution is -2.22. The van der Waals surface area contributed by atoms with Gasteiger partial charge in [-0.15, -0.1) is 0 Å². The number of hydrogen-bond acceptors (Lipinski definition) is 4. The lowest BCUT2D eigenvalue weighted by atomic mass is 10.2. The third-order valence-corrected chi connectivity index (χ3v) is 3.13. The van der Waals surface area contributed by atoms with Gasteiger partial charge in [-0.1, -0.05) is 0 Å². The Kier molecular flexibility index (Phi) is 4.49. The number of rotatable bonds is 4. The van der Waals surface area contributed by atoms with Gasteiger partial charge in [0.05, 0.1) is 18.0 Å². The minimum Gasteiger partial charge on any atom is -0.494 e. The van der Waals surface area contributed by atoms with Crippen LogP contribution in [0.1, 0.15) is 6.92 Å². The molecule has 3 N–H and O–H groups in total. The van der Waals surface area contributed by atoms with Gasteiger partial charge in [0.15, 0.2) is 0 Å². The van der Waals surface area contributed by atoms with E-state index in [9.17, 15) is 4.79 Å². The summed E-state index contributed by atoms with van der Waals surface area (Å²) in [6.45, 7) is 1.85. The zero-order valence-corrected chi connectivity index (χ0v) is 10.4. The molecule has 0 bridgehead atoms. The molecule has 0 saturated carbocycles. The van der Waals surface area contributed by atoms with Gasteiger partial charge >= 0.3 is 0 Å². The number of nitrogens with two attached hydrogens (primary N) is 1. The van der Waals surface area contributed by atoms with Crippen LogP contribution < -0.4 is 15.8 Å². The molecular weight excluding hydrogens is 224 g/mol. The number of thioether (sulfide) groups is 1. The first-order valence-electron chi connectivity index (χ1n) is 4.85. The fraction of sp³-hybridized carbons (Fsp3) is 0.364. The molecule has 0 fully saturated rings. The van der Waals surface area contributed by atoms with Crippen LogP contribution in [0.4, 0.5) is 11.4 Å². The standard InChI is InChI=1S/C11H16N2O2S/c1-7(16-3)11(14)13-9-5-4-8(12)6-10(9)15-2/h4-7H,12H2,1-3H3,(H,13,14). The first-order valence-corrected chi connectivity index (χ1v) is 6.14. The zero-order valence-electron chi connectivity index (χ0n) is 9.61. The smallest absolute Gasteiger partial charge is 0.237 e. The molecule has 5 heteroatoms. The second-order valence-corrected chi connectivity index (χ2v) is 4.51. The van der Waals surface area contributed by atoms with Gasteiger partial charge in [-0.05, 0) is 25.3 Å². The van der Waals surface area contributed by atoms with Crippen molar-refractivity contribution in [1.82, 2.24) is 0 Å². The van der Waals surface area contributed by atoms with Crippen LogP contribution >= 0.6 is 11.8 Å². The van der Waals surface area contributed by atoms with Crippen LogP contribution in [0.25, 0.3) is 0 Å². The van der Waals surface area contributed by atoms with Gasteiger partial charge in [0.2, 0.25) is 5.91 Å². The molecule has 0 aliphatic heterocycles. The molecule has 4 nitrogen and oxygen atoms in total. The second-order valence-electron chi connectivity index (χ2n) is 3.33. The van der Waals surface area contributed by atoms with E-state index in [1.54, 1.807) is 25.3 Å². The molecule has 0 aliphatic carbocycles. The molecule has 1 rings (SSSR count). The lowest BCUT2D eigenvalue weighted by molar-refractivity contribution is -0.115. The summed E-state index contributed by atoms with van der Waals surface area (Å²) < 4.78 is 5.14. The van der Waals surface area contributed by atoms with Gasteiger partial charge in [-0.2, -0.15) is 11.8 Å². The number of carbonyl (C=O) groups is 1. The number of benzene rings is 1. The molecular formula is C11H16N2O2S. The molecule has 0 spiro atoms. The van der Waals surface area contributed by atoms with Gasteiger partial charge in [0.25, 0.3) is 0 Å². The minimum atomic E-state index is -0.0951. The number of ether oxygens (including phenoxy) is 1. The molecule has 16 heavy (non-hydrogen) atoms. The molecule has 0 saturated heterocycles. The number of amides is 1. The number of nitrogen functional groups attached to an aromatic ring is 1. The molecule has 1 atom stereocenters. The zero-order chi connectivity index (χ0) is 12.1. The predicted octanol–water partition coefficient (Wildman–Crippen LogP) is 1.97. The van der Waals surface area contributed by atoms with Crippen LogP contribution in [-0.2, 0) is 4.79 Å². The van der Waals surface area contributed by atoms with E-state index in [2.05, 4.69) is 5.32 Å². The average Bonchev–Trinajstić information content (AvgIpc) is 2.30. The van der Waals surface area contributed by atoms with E-state index in [0.29, 0.717) is 17.1 Å². The van der Waals surface area contributed by atoms with Crippen molar-refractivity contribution in [3.8, 4) is 5.75 Å². The first kappa shape index (κ1) is 12.7. The highest BCUT2D eigenvalue weighted by Crippen LogP contribution is 2.27. The highest BCUT2D eigenvalue weighted by molar-refractivity contribution is 7.99. The summed E-state index contributed by atoms with van der Waals surface area (Å²) in [6, 6.07) is 5.14. The van der Waals surface area contributed by atoms with Crippen LogP contribution in [0, 0.1) is 0 Å². The van der Waals surface area contributed by atoms with Gasteiger partial charge in [0, 0.05) is 11.8 Å². The van der Waals surface area contributed by atoms with E-state index in [4.69, 9.17) is 10.5 Å². The highest BCUT2D eigenvalue weighted by Gasteiger charge is 2.13. The molecule has 0 aromatic heterocycles. The fourth-order valence-electron chi connectivity index (χ4n) is 1.15. The van der Waals surface area contributed by atoms with Crippen LogP contribution in [0.15, 0.2) is 18.2 Å². The summed E-state index contributed by atoms with van der Waals surface area (Å²) in [6.07, 6.45) is 1.89. The fourth-order valence-corrected chi connectivity index (χ4v) is 1.43. The van der Waals surface area contributed by atoms with E-state index in [1.807, 2.05) is 13.2 Å². The summed E-state index contributed by atoms with van der Waals surface area (Å²) in [7, 11) is 1.54. The molecule has 0 heterocycles. The van der Waals surface area contributed by atoms with Crippen molar-refractivity contribution >= 4 is 29.0 Å². The van der Waals surface area contributed by atoms with Crippen molar-refractivity contribution in [2.45, 2.75) is 12.2 Å². The Balaban J connectivity index is 2.84. The van der Waals surface area contributed by atoms with E-state index >= 15 is 0 Å². The van der Waals surface area contributed by atoms with Crippen LogP contribution in [-0.4, -0.2) is 24.5 Å². The summed E-state index contributed by atoms with van der Waals surface area (Å²) >= 11 is 1.49.